The van der Waals surface area contributed by atoms with Crippen molar-refractivity contribution in [1.82, 2.24) is 4.90 Å². The number of β-lactam (4-membered cyclic amide) rings is 1. The Morgan fingerprint density at radius 1 is 1.10 bits per heavy atom. The quantitative estimate of drug-likeness (QED) is 0.491. The van der Waals surface area contributed by atoms with Crippen molar-refractivity contribution in [2.45, 2.75) is 75.9 Å². The first kappa shape index (κ1) is 22.1. The third kappa shape index (κ3) is 5.60. The molecule has 1 unspecified atom stereocenters. The first-order valence-corrected chi connectivity index (χ1v) is 11.4. The molecule has 1 aliphatic carbocycles. The molecular formula is C25H33NO5. The smallest absolute Gasteiger partial charge is 0.226 e. The van der Waals surface area contributed by atoms with Crippen molar-refractivity contribution in [3.8, 4) is 17.6 Å². The first-order chi connectivity index (χ1) is 15.2. The lowest BCUT2D eigenvalue weighted by molar-refractivity contribution is -0.162. The van der Waals surface area contributed by atoms with E-state index in [-0.39, 0.29) is 23.8 Å². The van der Waals surface area contributed by atoms with Gasteiger partial charge in [-0.05, 0) is 62.6 Å². The Labute approximate surface area is 185 Å². The van der Waals surface area contributed by atoms with Crippen molar-refractivity contribution in [3.05, 3.63) is 29.8 Å². The van der Waals surface area contributed by atoms with Crippen LogP contribution >= 0.6 is 0 Å². The van der Waals surface area contributed by atoms with E-state index in [2.05, 4.69) is 11.8 Å². The van der Waals surface area contributed by atoms with Crippen LogP contribution in [0.15, 0.2) is 24.3 Å². The Hall–Kier alpha value is -2.07. The summed E-state index contributed by atoms with van der Waals surface area (Å²) < 4.78 is 22.5. The summed E-state index contributed by atoms with van der Waals surface area (Å²) in [5.74, 6) is 7.25. The van der Waals surface area contributed by atoms with Crippen LogP contribution in [0.5, 0.6) is 5.75 Å². The highest BCUT2D eigenvalue weighted by Gasteiger charge is 2.51. The number of methoxy groups -OCH3 is 1. The summed E-state index contributed by atoms with van der Waals surface area (Å²) in [6, 6.07) is 8.00. The average Bonchev–Trinajstić information content (AvgIpc) is 2.81. The van der Waals surface area contributed by atoms with Crippen molar-refractivity contribution in [1.29, 1.82) is 0 Å². The van der Waals surface area contributed by atoms with Crippen LogP contribution in [0.1, 0.15) is 56.9 Å². The van der Waals surface area contributed by atoms with E-state index in [4.69, 9.17) is 18.9 Å². The largest absolute Gasteiger partial charge is 0.497 e. The second-order valence-electron chi connectivity index (χ2n) is 8.70. The molecule has 0 aromatic heterocycles. The minimum absolute atomic E-state index is 0.0148. The van der Waals surface area contributed by atoms with Crippen LogP contribution in [0.25, 0.3) is 0 Å². The Morgan fingerprint density at radius 3 is 2.58 bits per heavy atom. The molecule has 2 heterocycles. The lowest BCUT2D eigenvalue weighted by atomic mass is 9.71. The predicted octanol–water partition coefficient (Wildman–Crippen LogP) is 3.67. The number of amides is 1. The molecule has 1 aromatic rings. The van der Waals surface area contributed by atoms with Gasteiger partial charge in [-0.25, -0.2) is 0 Å². The van der Waals surface area contributed by atoms with Crippen molar-refractivity contribution in [3.63, 3.8) is 0 Å². The topological polar surface area (TPSA) is 57.2 Å². The molecule has 0 N–H and O–H groups in total. The SMILES string of the molecule is COc1ccc(COC2CCC3(CC2)CC(=O)N3CC#CCOC2CCCCO2)cc1. The van der Waals surface area contributed by atoms with E-state index in [0.29, 0.717) is 26.2 Å². The monoisotopic (exact) mass is 427 g/mol. The minimum Gasteiger partial charge on any atom is -0.497 e. The van der Waals surface area contributed by atoms with Gasteiger partial charge in [-0.1, -0.05) is 24.0 Å². The van der Waals surface area contributed by atoms with Crippen molar-refractivity contribution in [2.24, 2.45) is 0 Å². The van der Waals surface area contributed by atoms with Crippen molar-refractivity contribution < 1.29 is 23.7 Å². The molecule has 1 amide bonds. The summed E-state index contributed by atoms with van der Waals surface area (Å²) in [4.78, 5) is 14.2. The highest BCUT2D eigenvalue weighted by Crippen LogP contribution is 2.44. The molecule has 2 aliphatic heterocycles. The first-order valence-electron chi connectivity index (χ1n) is 11.4. The van der Waals surface area contributed by atoms with Gasteiger partial charge in [0, 0.05) is 6.61 Å². The van der Waals surface area contributed by atoms with Gasteiger partial charge in [-0.15, -0.1) is 0 Å². The molecule has 3 fully saturated rings. The third-order valence-electron chi connectivity index (χ3n) is 6.70. The van der Waals surface area contributed by atoms with E-state index in [1.165, 1.54) is 0 Å². The molecule has 3 aliphatic rings. The van der Waals surface area contributed by atoms with Gasteiger partial charge in [-0.2, -0.15) is 0 Å². The number of nitrogens with zero attached hydrogens (tertiary/aromatic N) is 1. The summed E-state index contributed by atoms with van der Waals surface area (Å²) >= 11 is 0. The lowest BCUT2D eigenvalue weighted by Gasteiger charge is -2.54. The Bertz CT molecular complexity index is 782. The standard InChI is InChI=1S/C25H33NO5/c1-28-21-9-7-20(8-10-21)19-31-22-11-13-25(14-12-22)18-23(27)26(25)15-3-5-17-30-24-6-2-4-16-29-24/h7-10,22,24H,2,4,6,11-19H2,1H3. The molecule has 1 atom stereocenters. The molecule has 168 valence electrons. The molecular weight excluding hydrogens is 394 g/mol. The van der Waals surface area contributed by atoms with Crippen LogP contribution in [0.3, 0.4) is 0 Å². The molecule has 0 bridgehead atoms. The summed E-state index contributed by atoms with van der Waals surface area (Å²) in [5.41, 5.74) is 1.14. The maximum atomic E-state index is 12.2. The van der Waals surface area contributed by atoms with Gasteiger partial charge >= 0.3 is 0 Å². The highest BCUT2D eigenvalue weighted by atomic mass is 16.7. The summed E-state index contributed by atoms with van der Waals surface area (Å²) in [6.45, 7) is 2.24. The second kappa shape index (κ2) is 10.5. The molecule has 2 saturated heterocycles. The van der Waals surface area contributed by atoms with E-state index in [1.807, 2.05) is 29.2 Å². The summed E-state index contributed by atoms with van der Waals surface area (Å²) in [6.07, 6.45) is 7.91. The van der Waals surface area contributed by atoms with Gasteiger partial charge in [0.15, 0.2) is 6.29 Å². The minimum atomic E-state index is -0.117. The maximum absolute atomic E-state index is 12.2. The number of hydrogen-bond acceptors (Lipinski definition) is 5. The van der Waals surface area contributed by atoms with Crippen LogP contribution in [0, 0.1) is 11.8 Å². The van der Waals surface area contributed by atoms with Crippen LogP contribution in [0.2, 0.25) is 0 Å². The van der Waals surface area contributed by atoms with Crippen LogP contribution in [-0.2, 0) is 25.6 Å². The second-order valence-corrected chi connectivity index (χ2v) is 8.70. The van der Waals surface area contributed by atoms with Gasteiger partial charge in [0.25, 0.3) is 0 Å². The molecule has 4 rings (SSSR count). The van der Waals surface area contributed by atoms with E-state index >= 15 is 0 Å². The zero-order chi connectivity index (χ0) is 21.5. The predicted molar refractivity (Wildman–Crippen MR) is 116 cm³/mol. The average molecular weight is 428 g/mol. The summed E-state index contributed by atoms with van der Waals surface area (Å²) in [5, 5.41) is 0. The van der Waals surface area contributed by atoms with E-state index in [0.717, 1.165) is 62.9 Å². The molecule has 1 aromatic carbocycles. The van der Waals surface area contributed by atoms with E-state index in [9.17, 15) is 4.79 Å². The number of ether oxygens (including phenoxy) is 4. The van der Waals surface area contributed by atoms with Crippen LogP contribution in [-0.4, -0.2) is 55.6 Å². The molecule has 1 saturated carbocycles. The number of carbonyl (C=O) groups is 1. The zero-order valence-corrected chi connectivity index (χ0v) is 18.4. The lowest BCUT2D eigenvalue weighted by Crippen LogP contribution is -2.65. The Kier molecular flexibility index (Phi) is 7.49. The zero-order valence-electron chi connectivity index (χ0n) is 18.4. The Balaban J connectivity index is 1.18. The van der Waals surface area contributed by atoms with E-state index < -0.39 is 0 Å². The fourth-order valence-corrected chi connectivity index (χ4v) is 4.74. The molecule has 6 heteroatoms. The third-order valence-corrected chi connectivity index (χ3v) is 6.70. The van der Waals surface area contributed by atoms with E-state index in [1.54, 1.807) is 7.11 Å². The van der Waals surface area contributed by atoms with Gasteiger partial charge in [0.05, 0.1) is 38.3 Å². The molecule has 0 radical (unpaired) electrons. The fourth-order valence-electron chi connectivity index (χ4n) is 4.74. The normalized spacial score (nSPS) is 28.0. The number of likely N-dealkylation sites (tertiary alicyclic amines) is 1. The van der Waals surface area contributed by atoms with Gasteiger partial charge in [0.2, 0.25) is 5.91 Å². The highest BCUT2D eigenvalue weighted by molar-refractivity contribution is 5.85. The fraction of sp³-hybridized carbons (Fsp3) is 0.640. The molecule has 6 nitrogen and oxygen atoms in total. The van der Waals surface area contributed by atoms with Crippen molar-refractivity contribution >= 4 is 5.91 Å². The number of hydrogen-bond donors (Lipinski definition) is 0. The number of benzene rings is 1. The van der Waals surface area contributed by atoms with Gasteiger partial charge in [0.1, 0.15) is 12.4 Å². The summed E-state index contributed by atoms with van der Waals surface area (Å²) in [7, 11) is 1.67. The number of carbonyl (C=O) groups excluding carboxylic acids is 1. The van der Waals surface area contributed by atoms with Crippen LogP contribution in [0.4, 0.5) is 0 Å². The van der Waals surface area contributed by atoms with Crippen molar-refractivity contribution in [2.75, 3.05) is 26.9 Å². The molecule has 1 spiro atoms. The Morgan fingerprint density at radius 2 is 1.90 bits per heavy atom. The van der Waals surface area contributed by atoms with Gasteiger partial charge < -0.3 is 23.8 Å². The van der Waals surface area contributed by atoms with Crippen LogP contribution < -0.4 is 4.74 Å². The van der Waals surface area contributed by atoms with Gasteiger partial charge in [-0.3, -0.25) is 4.79 Å². The molecule has 31 heavy (non-hydrogen) atoms. The number of rotatable bonds is 7. The maximum Gasteiger partial charge on any atom is 0.226 e.